The number of halogens is 3. The summed E-state index contributed by atoms with van der Waals surface area (Å²) in [6.07, 6.45) is 3.75. The van der Waals surface area contributed by atoms with Crippen LogP contribution in [0.1, 0.15) is 48.9 Å². The zero-order valence-corrected chi connectivity index (χ0v) is 14.2. The van der Waals surface area contributed by atoms with E-state index in [4.69, 9.17) is 10.00 Å². The number of carbonyl (C=O) groups is 1. The third-order valence-electron chi connectivity index (χ3n) is 4.33. The minimum atomic E-state index is -4.76. The third kappa shape index (κ3) is 6.79. The molecule has 0 radical (unpaired) electrons. The lowest BCUT2D eigenvalue weighted by atomic mass is 9.84. The summed E-state index contributed by atoms with van der Waals surface area (Å²) in [5.74, 6) is -0.351. The number of nitriles is 1. The molecule has 0 heterocycles. The Labute approximate surface area is 150 Å². The van der Waals surface area contributed by atoms with Gasteiger partial charge in [-0.1, -0.05) is 6.08 Å². The van der Waals surface area contributed by atoms with Crippen LogP contribution in [0.4, 0.5) is 13.2 Å². The smallest absolute Gasteiger partial charge is 0.459 e. The van der Waals surface area contributed by atoms with Gasteiger partial charge in [-0.05, 0) is 68.7 Å². The molecule has 0 spiro atoms. The van der Waals surface area contributed by atoms with E-state index >= 15 is 0 Å². The number of benzene rings is 1. The molecule has 0 unspecified atom stereocenters. The summed E-state index contributed by atoms with van der Waals surface area (Å²) in [5, 5.41) is 8.44. The number of rotatable bonds is 6. The van der Waals surface area contributed by atoms with Crippen LogP contribution in [-0.4, -0.2) is 18.4 Å². The number of alkyl halides is 3. The lowest BCUT2D eigenvalue weighted by Gasteiger charge is -2.28. The number of hydrogen-bond acceptors (Lipinski definition) is 4. The molecule has 0 bridgehead atoms. The molecular weight excluding hydrogens is 347 g/mol. The van der Waals surface area contributed by atoms with Crippen LogP contribution in [0.3, 0.4) is 0 Å². The van der Waals surface area contributed by atoms with Crippen molar-refractivity contribution in [2.75, 3.05) is 0 Å². The molecule has 1 aromatic rings. The summed E-state index contributed by atoms with van der Waals surface area (Å²) in [6.45, 7) is 0. The zero-order chi connectivity index (χ0) is 19.0. The van der Waals surface area contributed by atoms with Gasteiger partial charge < -0.3 is 9.47 Å². The van der Waals surface area contributed by atoms with E-state index in [2.05, 4.69) is 4.74 Å². The van der Waals surface area contributed by atoms with Crippen LogP contribution in [0.5, 0.6) is 5.75 Å². The van der Waals surface area contributed by atoms with Gasteiger partial charge in [0.05, 0.1) is 11.6 Å². The maximum absolute atomic E-state index is 12.1. The van der Waals surface area contributed by atoms with Gasteiger partial charge in [0.2, 0.25) is 0 Å². The second-order valence-electron chi connectivity index (χ2n) is 6.23. The van der Waals surface area contributed by atoms with Crippen molar-refractivity contribution in [3.8, 4) is 11.8 Å². The van der Waals surface area contributed by atoms with Crippen LogP contribution in [0.15, 0.2) is 36.4 Å². The van der Waals surface area contributed by atoms with E-state index in [-0.39, 0.29) is 17.4 Å². The molecule has 4 nitrogen and oxygen atoms in total. The SMILES string of the molecule is N#CC=CCC[C@H]1CC[C@H](OC(=O)c2ccc(OC(F)(F)F)cc2)CC1. The highest BCUT2D eigenvalue weighted by Gasteiger charge is 2.31. The topological polar surface area (TPSA) is 59.3 Å². The van der Waals surface area contributed by atoms with Gasteiger partial charge in [-0.15, -0.1) is 13.2 Å². The molecule has 0 aliphatic heterocycles. The molecule has 1 aliphatic carbocycles. The molecule has 0 N–H and O–H groups in total. The molecule has 1 aromatic carbocycles. The average molecular weight is 367 g/mol. The predicted octanol–water partition coefficient (Wildman–Crippen LogP) is 5.16. The Morgan fingerprint density at radius 1 is 1.19 bits per heavy atom. The van der Waals surface area contributed by atoms with Crippen molar-refractivity contribution in [2.24, 2.45) is 5.92 Å². The molecule has 0 amide bonds. The van der Waals surface area contributed by atoms with Crippen molar-refractivity contribution >= 4 is 5.97 Å². The first-order chi connectivity index (χ1) is 12.4. The van der Waals surface area contributed by atoms with E-state index in [1.165, 1.54) is 18.2 Å². The fraction of sp³-hybridized carbons (Fsp3) is 0.474. The van der Waals surface area contributed by atoms with Crippen LogP contribution < -0.4 is 4.74 Å². The van der Waals surface area contributed by atoms with Crippen LogP contribution >= 0.6 is 0 Å². The number of esters is 1. The first kappa shape index (κ1) is 19.8. The Bertz CT molecular complexity index is 654. The summed E-state index contributed by atoms with van der Waals surface area (Å²) < 4.78 is 45.6. The van der Waals surface area contributed by atoms with Crippen molar-refractivity contribution in [2.45, 2.75) is 51.0 Å². The molecule has 1 fully saturated rings. The minimum Gasteiger partial charge on any atom is -0.459 e. The van der Waals surface area contributed by atoms with Crippen LogP contribution in [0, 0.1) is 17.2 Å². The van der Waals surface area contributed by atoms with Crippen LogP contribution in [0.2, 0.25) is 0 Å². The number of nitrogens with zero attached hydrogens (tertiary/aromatic N) is 1. The third-order valence-corrected chi connectivity index (χ3v) is 4.33. The van der Waals surface area contributed by atoms with Gasteiger partial charge in [0.15, 0.2) is 0 Å². The summed E-state index contributed by atoms with van der Waals surface area (Å²) in [4.78, 5) is 12.1. The van der Waals surface area contributed by atoms with E-state index in [0.29, 0.717) is 5.92 Å². The number of allylic oxidation sites excluding steroid dienone is 2. The molecule has 7 heteroatoms. The number of hydrogen-bond donors (Lipinski definition) is 0. The van der Waals surface area contributed by atoms with E-state index < -0.39 is 12.3 Å². The maximum Gasteiger partial charge on any atom is 0.573 e. The summed E-state index contributed by atoms with van der Waals surface area (Å²) in [5.41, 5.74) is 0.197. The Kier molecular flexibility index (Phi) is 7.07. The van der Waals surface area contributed by atoms with Gasteiger partial charge in [-0.25, -0.2) is 4.79 Å². The molecule has 0 saturated heterocycles. The Hall–Kier alpha value is -2.49. The Morgan fingerprint density at radius 3 is 2.42 bits per heavy atom. The second kappa shape index (κ2) is 9.27. The molecular formula is C19H20F3NO3. The van der Waals surface area contributed by atoms with Crippen molar-refractivity contribution in [3.63, 3.8) is 0 Å². The van der Waals surface area contributed by atoms with Gasteiger partial charge in [0.25, 0.3) is 0 Å². The standard InChI is InChI=1S/C19H20F3NO3/c20-19(21,22)26-17-11-7-15(8-12-17)18(24)25-16-9-5-14(6-10-16)4-2-1-3-13-23/h1,3,7-8,11-12,14,16H,2,4-6,9-10H2/t14-,16-. The van der Waals surface area contributed by atoms with Crippen LogP contribution in [-0.2, 0) is 4.74 Å². The van der Waals surface area contributed by atoms with Crippen molar-refractivity contribution in [3.05, 3.63) is 42.0 Å². The molecule has 140 valence electrons. The fourth-order valence-electron chi connectivity index (χ4n) is 3.02. The summed E-state index contributed by atoms with van der Waals surface area (Å²) >= 11 is 0. The van der Waals surface area contributed by atoms with Gasteiger partial charge in [0.1, 0.15) is 11.9 Å². The highest BCUT2D eigenvalue weighted by molar-refractivity contribution is 5.89. The highest BCUT2D eigenvalue weighted by Crippen LogP contribution is 2.30. The molecule has 0 aromatic heterocycles. The quantitative estimate of drug-likeness (QED) is 0.515. The molecule has 26 heavy (non-hydrogen) atoms. The predicted molar refractivity (Wildman–Crippen MR) is 88.3 cm³/mol. The summed E-state index contributed by atoms with van der Waals surface area (Å²) in [7, 11) is 0. The second-order valence-corrected chi connectivity index (χ2v) is 6.23. The van der Waals surface area contributed by atoms with Crippen LogP contribution in [0.25, 0.3) is 0 Å². The van der Waals surface area contributed by atoms with Gasteiger partial charge in [-0.3, -0.25) is 0 Å². The number of ether oxygens (including phenoxy) is 2. The zero-order valence-electron chi connectivity index (χ0n) is 14.2. The normalized spacial score (nSPS) is 20.5. The maximum atomic E-state index is 12.1. The molecule has 2 rings (SSSR count). The lowest BCUT2D eigenvalue weighted by molar-refractivity contribution is -0.274. The van der Waals surface area contributed by atoms with Gasteiger partial charge >= 0.3 is 12.3 Å². The average Bonchev–Trinajstić information content (AvgIpc) is 2.59. The molecule has 1 aliphatic rings. The lowest BCUT2D eigenvalue weighted by Crippen LogP contribution is -2.24. The van der Waals surface area contributed by atoms with Crippen molar-refractivity contribution in [1.29, 1.82) is 5.26 Å². The number of carbonyl (C=O) groups excluding carboxylic acids is 1. The molecule has 1 saturated carbocycles. The first-order valence-corrected chi connectivity index (χ1v) is 8.49. The molecule has 0 atom stereocenters. The largest absolute Gasteiger partial charge is 0.573 e. The summed E-state index contributed by atoms with van der Waals surface area (Å²) in [6, 6.07) is 6.67. The van der Waals surface area contributed by atoms with E-state index in [0.717, 1.165) is 50.7 Å². The van der Waals surface area contributed by atoms with E-state index in [1.807, 2.05) is 12.1 Å². The highest BCUT2D eigenvalue weighted by atomic mass is 19.4. The Balaban J connectivity index is 1.76. The van der Waals surface area contributed by atoms with E-state index in [9.17, 15) is 18.0 Å². The van der Waals surface area contributed by atoms with E-state index in [1.54, 1.807) is 0 Å². The monoisotopic (exact) mass is 367 g/mol. The fourth-order valence-corrected chi connectivity index (χ4v) is 3.02. The minimum absolute atomic E-state index is 0.167. The first-order valence-electron chi connectivity index (χ1n) is 8.49. The van der Waals surface area contributed by atoms with Crippen molar-refractivity contribution in [1.82, 2.24) is 0 Å². The van der Waals surface area contributed by atoms with Gasteiger partial charge in [0, 0.05) is 6.08 Å². The van der Waals surface area contributed by atoms with Crippen molar-refractivity contribution < 1.29 is 27.4 Å². The Morgan fingerprint density at radius 2 is 1.85 bits per heavy atom. The van der Waals surface area contributed by atoms with Gasteiger partial charge in [-0.2, -0.15) is 5.26 Å².